The number of phenolic OH excluding ortho intramolecular Hbond substituents is 1. The smallest absolute Gasteiger partial charge is 0.336 e. The molecule has 0 aliphatic carbocycles. The van der Waals surface area contributed by atoms with Crippen molar-refractivity contribution in [3.63, 3.8) is 0 Å². The van der Waals surface area contributed by atoms with Crippen molar-refractivity contribution < 1.29 is 15.0 Å². The summed E-state index contributed by atoms with van der Waals surface area (Å²) in [6, 6.07) is 7.99. The van der Waals surface area contributed by atoms with E-state index in [4.69, 9.17) is 0 Å². The highest BCUT2D eigenvalue weighted by atomic mass is 16.4. The Labute approximate surface area is 207 Å². The number of carboxylic acid groups (broad SMARTS) is 1. The molecule has 2 N–H and O–H groups in total. The van der Waals surface area contributed by atoms with Crippen LogP contribution in [0.5, 0.6) is 5.75 Å². The van der Waals surface area contributed by atoms with E-state index in [-0.39, 0.29) is 22.1 Å². The number of carbonyl (C=O) groups is 1. The van der Waals surface area contributed by atoms with Crippen LogP contribution in [0.15, 0.2) is 24.3 Å². The molecule has 0 radical (unpaired) electrons. The molecule has 0 saturated carbocycles. The normalized spacial score (nSPS) is 13.3. The van der Waals surface area contributed by atoms with Gasteiger partial charge < -0.3 is 10.2 Å². The minimum atomic E-state index is -0.966. The molecule has 0 unspecified atom stereocenters. The second-order valence-electron chi connectivity index (χ2n) is 13.1. The van der Waals surface area contributed by atoms with E-state index < -0.39 is 16.8 Å². The van der Waals surface area contributed by atoms with Crippen molar-refractivity contribution in [2.75, 3.05) is 0 Å². The summed E-state index contributed by atoms with van der Waals surface area (Å²) in [5, 5.41) is 22.1. The van der Waals surface area contributed by atoms with Crippen molar-refractivity contribution in [2.24, 2.45) is 0 Å². The van der Waals surface area contributed by atoms with Gasteiger partial charge in [-0.1, -0.05) is 101 Å². The van der Waals surface area contributed by atoms with Crippen LogP contribution in [0, 0.1) is 0 Å². The Morgan fingerprint density at radius 1 is 0.765 bits per heavy atom. The van der Waals surface area contributed by atoms with E-state index in [1.807, 2.05) is 47.6 Å². The first kappa shape index (κ1) is 28.0. The number of hydrogen-bond acceptors (Lipinski definition) is 2. The number of aromatic hydroxyl groups is 1. The van der Waals surface area contributed by atoms with Crippen LogP contribution in [0.25, 0.3) is 11.1 Å². The fourth-order valence-electron chi connectivity index (χ4n) is 4.84. The van der Waals surface area contributed by atoms with Crippen LogP contribution >= 0.6 is 0 Å². The zero-order valence-electron chi connectivity index (χ0n) is 23.5. The van der Waals surface area contributed by atoms with Crippen molar-refractivity contribution in [1.82, 2.24) is 0 Å². The van der Waals surface area contributed by atoms with E-state index >= 15 is 0 Å². The molecule has 3 heteroatoms. The Kier molecular flexibility index (Phi) is 7.45. The van der Waals surface area contributed by atoms with Gasteiger partial charge in [-0.15, -0.1) is 0 Å². The van der Waals surface area contributed by atoms with Crippen LogP contribution in [0.3, 0.4) is 0 Å². The third kappa shape index (κ3) is 5.04. The van der Waals surface area contributed by atoms with Crippen molar-refractivity contribution in [3.8, 4) is 16.9 Å². The largest absolute Gasteiger partial charge is 0.507 e. The van der Waals surface area contributed by atoms with Crippen LogP contribution in [0.1, 0.15) is 129 Å². The van der Waals surface area contributed by atoms with Gasteiger partial charge in [-0.3, -0.25) is 0 Å². The summed E-state index contributed by atoms with van der Waals surface area (Å²) in [4.78, 5) is 12.8. The maximum Gasteiger partial charge on any atom is 0.336 e. The first-order valence-electron chi connectivity index (χ1n) is 12.6. The predicted octanol–water partition coefficient (Wildman–Crippen LogP) is 8.73. The zero-order valence-corrected chi connectivity index (χ0v) is 23.5. The number of benzene rings is 2. The lowest BCUT2D eigenvalue weighted by Crippen LogP contribution is -2.27. The second kappa shape index (κ2) is 9.06. The van der Waals surface area contributed by atoms with Crippen LogP contribution in [-0.2, 0) is 21.7 Å². The number of carboxylic acids is 1. The minimum absolute atomic E-state index is 0.0730. The van der Waals surface area contributed by atoms with E-state index in [1.54, 1.807) is 6.07 Å². The summed E-state index contributed by atoms with van der Waals surface area (Å²) in [5.41, 5.74) is 4.51. The lowest BCUT2D eigenvalue weighted by atomic mass is 9.67. The molecule has 0 aromatic heterocycles. The molecule has 0 saturated heterocycles. The Morgan fingerprint density at radius 2 is 1.29 bits per heavy atom. The maximum absolute atomic E-state index is 12.8. The maximum atomic E-state index is 12.8. The van der Waals surface area contributed by atoms with Crippen molar-refractivity contribution >= 4 is 5.97 Å². The first-order chi connectivity index (χ1) is 15.3. The fourth-order valence-corrected chi connectivity index (χ4v) is 4.84. The number of rotatable bonds is 6. The quantitative estimate of drug-likeness (QED) is 0.447. The van der Waals surface area contributed by atoms with Gasteiger partial charge in [-0.05, 0) is 57.3 Å². The predicted molar refractivity (Wildman–Crippen MR) is 145 cm³/mol. The second-order valence-corrected chi connectivity index (χ2v) is 13.1. The Hall–Kier alpha value is -2.29. The Balaban J connectivity index is 3.28. The van der Waals surface area contributed by atoms with Crippen LogP contribution in [-0.4, -0.2) is 16.2 Å². The molecule has 0 bridgehead atoms. The molecule has 3 nitrogen and oxygen atoms in total. The van der Waals surface area contributed by atoms with Gasteiger partial charge in [0.25, 0.3) is 0 Å². The third-order valence-electron chi connectivity index (χ3n) is 7.60. The molecule has 0 fully saturated rings. The molecule has 0 spiro atoms. The van der Waals surface area contributed by atoms with E-state index in [1.165, 1.54) is 11.1 Å². The summed E-state index contributed by atoms with van der Waals surface area (Å²) in [5.74, 6) is -0.758. The first-order valence-corrected chi connectivity index (χ1v) is 12.6. The van der Waals surface area contributed by atoms with E-state index in [0.717, 1.165) is 18.4 Å². The highest BCUT2D eigenvalue weighted by molar-refractivity contribution is 5.99. The van der Waals surface area contributed by atoms with Crippen molar-refractivity contribution in [2.45, 2.75) is 118 Å². The van der Waals surface area contributed by atoms with E-state index in [9.17, 15) is 15.0 Å². The van der Waals surface area contributed by atoms with Gasteiger partial charge in [0.2, 0.25) is 0 Å². The number of aromatic carboxylic acids is 1. The van der Waals surface area contributed by atoms with Crippen LogP contribution < -0.4 is 0 Å². The van der Waals surface area contributed by atoms with Gasteiger partial charge in [-0.2, -0.15) is 0 Å². The summed E-state index contributed by atoms with van der Waals surface area (Å²) >= 11 is 0. The zero-order chi connectivity index (χ0) is 26.4. The van der Waals surface area contributed by atoms with Gasteiger partial charge in [0.05, 0.1) is 5.56 Å². The molecule has 0 aliphatic rings. The number of phenols is 1. The monoisotopic (exact) mass is 466 g/mol. The third-order valence-corrected chi connectivity index (χ3v) is 7.60. The van der Waals surface area contributed by atoms with Crippen molar-refractivity contribution in [3.05, 3.63) is 52.1 Å². The van der Waals surface area contributed by atoms with Gasteiger partial charge in [0.15, 0.2) is 0 Å². The molecule has 0 heterocycles. The highest BCUT2D eigenvalue weighted by Crippen LogP contribution is 2.50. The highest BCUT2D eigenvalue weighted by Gasteiger charge is 2.37. The molecule has 2 aromatic rings. The van der Waals surface area contributed by atoms with Gasteiger partial charge in [0, 0.05) is 16.7 Å². The summed E-state index contributed by atoms with van der Waals surface area (Å²) in [6.45, 7) is 25.5. The summed E-state index contributed by atoms with van der Waals surface area (Å²) in [7, 11) is 0. The SMILES string of the molecule is CCC(C)(C)c1cccc(-c2c(C(=O)O)cc(C(C)(C)C)c(O)c2C(C)(C)C)c1C(C)(C)CC. The molecule has 0 amide bonds. The Morgan fingerprint density at radius 3 is 1.71 bits per heavy atom. The van der Waals surface area contributed by atoms with Gasteiger partial charge in [0.1, 0.15) is 5.75 Å². The number of hydrogen-bond donors (Lipinski definition) is 2. The average molecular weight is 467 g/mol. The molecular weight excluding hydrogens is 420 g/mol. The average Bonchev–Trinajstić information content (AvgIpc) is 2.70. The van der Waals surface area contributed by atoms with E-state index in [2.05, 4.69) is 53.7 Å². The minimum Gasteiger partial charge on any atom is -0.507 e. The molecule has 188 valence electrons. The van der Waals surface area contributed by atoms with Gasteiger partial charge >= 0.3 is 5.97 Å². The lowest BCUT2D eigenvalue weighted by Gasteiger charge is -2.37. The van der Waals surface area contributed by atoms with E-state index in [0.29, 0.717) is 16.7 Å². The van der Waals surface area contributed by atoms with Gasteiger partial charge in [-0.25, -0.2) is 4.79 Å². The standard InChI is InChI=1S/C31H46O3/c1-13-30(9,10)21-17-15-16-19(24(21)31(11,12)14-2)23-20(27(33)34)18-22(28(3,4)5)26(32)25(23)29(6,7)8/h15-18,32H,13-14H2,1-12H3,(H,33,34). The van der Waals surface area contributed by atoms with Crippen LogP contribution in [0.4, 0.5) is 0 Å². The fraction of sp³-hybridized carbons (Fsp3) is 0.581. The van der Waals surface area contributed by atoms with Crippen LogP contribution in [0.2, 0.25) is 0 Å². The topological polar surface area (TPSA) is 57.5 Å². The molecule has 2 aromatic carbocycles. The molecular formula is C31H46O3. The van der Waals surface area contributed by atoms with Crippen molar-refractivity contribution in [1.29, 1.82) is 0 Å². The molecule has 0 aliphatic heterocycles. The lowest BCUT2D eigenvalue weighted by molar-refractivity contribution is 0.0697. The Bertz CT molecular complexity index is 1070. The molecule has 0 atom stereocenters. The molecule has 34 heavy (non-hydrogen) atoms. The molecule has 2 rings (SSSR count). The summed E-state index contributed by atoms with van der Waals surface area (Å²) < 4.78 is 0. The summed E-state index contributed by atoms with van der Waals surface area (Å²) in [6.07, 6.45) is 1.88.